The van der Waals surface area contributed by atoms with Crippen molar-refractivity contribution in [1.29, 1.82) is 0 Å². The molecule has 0 aliphatic carbocycles. The number of halogens is 1. The molecule has 9 heteroatoms. The van der Waals surface area contributed by atoms with Crippen molar-refractivity contribution < 1.29 is 18.7 Å². The number of carbonyl (C=O) groups excluding carboxylic acids is 2. The van der Waals surface area contributed by atoms with Gasteiger partial charge in [0.05, 0.1) is 22.4 Å². The second-order valence-corrected chi connectivity index (χ2v) is 11.5. The molecule has 1 aromatic heterocycles. The van der Waals surface area contributed by atoms with Crippen molar-refractivity contribution in [3.63, 3.8) is 0 Å². The fraction of sp³-hybridized carbons (Fsp3) is 0.414. The lowest BCUT2D eigenvalue weighted by Gasteiger charge is -2.25. The number of hydrogen-bond donors (Lipinski definition) is 1. The molecular weight excluding hydrogens is 503 g/mol. The van der Waals surface area contributed by atoms with E-state index >= 15 is 4.39 Å². The van der Waals surface area contributed by atoms with Crippen molar-refractivity contribution in [3.05, 3.63) is 76.7 Å². The maximum absolute atomic E-state index is 15.2. The highest BCUT2D eigenvalue weighted by atomic mass is 32.2. The van der Waals surface area contributed by atoms with Crippen molar-refractivity contribution in [2.24, 2.45) is 0 Å². The van der Waals surface area contributed by atoms with E-state index < -0.39 is 10.7 Å². The number of benzene rings is 2. The van der Waals surface area contributed by atoms with Gasteiger partial charge in [-0.2, -0.15) is 5.10 Å². The predicted molar refractivity (Wildman–Crippen MR) is 150 cm³/mol. The monoisotopic (exact) mass is 538 g/mol. The van der Waals surface area contributed by atoms with Gasteiger partial charge < -0.3 is 10.1 Å². The summed E-state index contributed by atoms with van der Waals surface area (Å²) in [5, 5.41) is 7.47. The van der Waals surface area contributed by atoms with Crippen LogP contribution in [0.2, 0.25) is 0 Å². The van der Waals surface area contributed by atoms with E-state index in [0.717, 1.165) is 22.5 Å². The molecule has 0 fully saturated rings. The third-order valence-electron chi connectivity index (χ3n) is 6.48. The number of aromatic nitrogens is 2. The molecule has 0 spiro atoms. The molecule has 38 heavy (non-hydrogen) atoms. The predicted octanol–water partition coefficient (Wildman–Crippen LogP) is 4.94. The van der Waals surface area contributed by atoms with Gasteiger partial charge in [0.25, 0.3) is 0 Å². The number of thioether (sulfide) groups is 1. The molecule has 0 radical (unpaired) electrons. The number of hydrogen-bond acceptors (Lipinski definition) is 5. The lowest BCUT2D eigenvalue weighted by Crippen LogP contribution is -2.42. The minimum absolute atomic E-state index is 0.0992. The van der Waals surface area contributed by atoms with Gasteiger partial charge in [-0.25, -0.2) is 9.07 Å². The number of rotatable bonds is 8. The maximum atomic E-state index is 15.2. The number of fused-ring (bicyclic) bond motifs is 1. The summed E-state index contributed by atoms with van der Waals surface area (Å²) in [5.41, 5.74) is 3.37. The van der Waals surface area contributed by atoms with E-state index in [1.54, 1.807) is 30.0 Å². The normalized spacial score (nSPS) is 15.8. The van der Waals surface area contributed by atoms with Crippen LogP contribution in [0, 0.1) is 12.7 Å². The van der Waals surface area contributed by atoms with Crippen LogP contribution < -0.4 is 10.2 Å². The summed E-state index contributed by atoms with van der Waals surface area (Å²) in [7, 11) is 1.61. The lowest BCUT2D eigenvalue weighted by atomic mass is 9.87. The van der Waals surface area contributed by atoms with Crippen LogP contribution in [0.15, 0.2) is 48.5 Å². The minimum Gasteiger partial charge on any atom is -0.385 e. The largest absolute Gasteiger partial charge is 0.385 e. The number of amides is 2. The third-order valence-corrected chi connectivity index (χ3v) is 7.72. The van der Waals surface area contributed by atoms with Crippen molar-refractivity contribution in [2.75, 3.05) is 37.5 Å². The molecule has 1 aliphatic rings. The number of carbonyl (C=O) groups is 2. The van der Waals surface area contributed by atoms with Gasteiger partial charge in [-0.05, 0) is 31.0 Å². The van der Waals surface area contributed by atoms with E-state index in [4.69, 9.17) is 9.84 Å². The number of nitrogens with one attached hydrogen (secondary N) is 1. The summed E-state index contributed by atoms with van der Waals surface area (Å²) in [6, 6.07) is 14.5. The Morgan fingerprint density at radius 2 is 1.89 bits per heavy atom. The zero-order chi connectivity index (χ0) is 27.4. The molecule has 202 valence electrons. The summed E-state index contributed by atoms with van der Waals surface area (Å²) < 4.78 is 22.0. The number of anilines is 1. The maximum Gasteiger partial charge on any atom is 0.240 e. The van der Waals surface area contributed by atoms with Gasteiger partial charge in [0, 0.05) is 36.8 Å². The Morgan fingerprint density at radius 3 is 2.58 bits per heavy atom. The summed E-state index contributed by atoms with van der Waals surface area (Å²) in [5.74, 6) is -0.222. The van der Waals surface area contributed by atoms with Crippen LogP contribution in [0.3, 0.4) is 0 Å². The van der Waals surface area contributed by atoms with Crippen molar-refractivity contribution in [2.45, 2.75) is 44.8 Å². The SMILES string of the molecule is COCCCNC(=O)CN1C(=O)CS[C@@H](c2ccccc2F)c2c(C(C)(C)C)nn(-c3ccccc3C)c21. The Labute approximate surface area is 227 Å². The average molecular weight is 539 g/mol. The first-order valence-electron chi connectivity index (χ1n) is 12.7. The summed E-state index contributed by atoms with van der Waals surface area (Å²) in [6.45, 7) is 8.96. The zero-order valence-corrected chi connectivity index (χ0v) is 23.4. The fourth-order valence-corrected chi connectivity index (χ4v) is 5.84. The molecule has 0 unspecified atom stereocenters. The summed E-state index contributed by atoms with van der Waals surface area (Å²) >= 11 is 1.37. The topological polar surface area (TPSA) is 76.5 Å². The highest BCUT2D eigenvalue weighted by Crippen LogP contribution is 2.49. The van der Waals surface area contributed by atoms with Gasteiger partial charge in [-0.15, -0.1) is 11.8 Å². The molecule has 3 aromatic rings. The fourth-order valence-electron chi connectivity index (χ4n) is 4.62. The quantitative estimate of drug-likeness (QED) is 0.411. The van der Waals surface area contributed by atoms with Gasteiger partial charge in [-0.3, -0.25) is 14.5 Å². The van der Waals surface area contributed by atoms with Crippen LogP contribution >= 0.6 is 11.8 Å². The Hall–Kier alpha value is -3.17. The van der Waals surface area contributed by atoms with E-state index in [2.05, 4.69) is 26.1 Å². The molecule has 2 amide bonds. The second-order valence-electron chi connectivity index (χ2n) is 10.4. The van der Waals surface area contributed by atoms with Crippen LogP contribution in [0.25, 0.3) is 5.69 Å². The smallest absolute Gasteiger partial charge is 0.240 e. The van der Waals surface area contributed by atoms with Crippen molar-refractivity contribution in [1.82, 2.24) is 15.1 Å². The van der Waals surface area contributed by atoms with Crippen LogP contribution in [-0.4, -0.2) is 54.2 Å². The van der Waals surface area contributed by atoms with Crippen LogP contribution in [0.5, 0.6) is 0 Å². The molecular formula is C29H35FN4O3S. The molecule has 1 atom stereocenters. The second kappa shape index (κ2) is 11.7. The molecule has 4 rings (SSSR count). The van der Waals surface area contributed by atoms with Crippen molar-refractivity contribution in [3.8, 4) is 5.69 Å². The van der Waals surface area contributed by atoms with Gasteiger partial charge in [-0.1, -0.05) is 57.2 Å². The average Bonchev–Trinajstić information content (AvgIpc) is 3.21. The molecule has 7 nitrogen and oxygen atoms in total. The van der Waals surface area contributed by atoms with Gasteiger partial charge in [0.2, 0.25) is 11.8 Å². The van der Waals surface area contributed by atoms with Gasteiger partial charge >= 0.3 is 0 Å². The molecule has 2 aromatic carbocycles. The van der Waals surface area contributed by atoms with Crippen LogP contribution in [0.1, 0.15) is 54.8 Å². The molecule has 0 bridgehead atoms. The molecule has 0 saturated carbocycles. The molecule has 0 saturated heterocycles. The van der Waals surface area contributed by atoms with E-state index in [1.807, 2.05) is 31.2 Å². The van der Waals surface area contributed by atoms with Gasteiger partial charge in [0.1, 0.15) is 18.2 Å². The molecule has 2 heterocycles. The Morgan fingerprint density at radius 1 is 1.18 bits per heavy atom. The zero-order valence-electron chi connectivity index (χ0n) is 22.6. The number of nitrogens with zero attached hydrogens (tertiary/aromatic N) is 3. The Kier molecular flexibility index (Phi) is 8.57. The summed E-state index contributed by atoms with van der Waals surface area (Å²) in [6.07, 6.45) is 0.669. The van der Waals surface area contributed by atoms with E-state index in [1.165, 1.54) is 22.7 Å². The van der Waals surface area contributed by atoms with E-state index in [-0.39, 0.29) is 29.9 Å². The first-order valence-corrected chi connectivity index (χ1v) is 13.8. The number of ether oxygens (including phenoxy) is 1. The number of methoxy groups -OCH3 is 1. The van der Waals surface area contributed by atoms with Crippen LogP contribution in [0.4, 0.5) is 10.2 Å². The molecule has 1 aliphatic heterocycles. The minimum atomic E-state index is -0.475. The number of aryl methyl sites for hydroxylation is 1. The standard InChI is InChI=1S/C29H35FN4O3S/c1-19-11-6-9-14-22(19)34-28-25(27(32-34)29(2,3)4)26(20-12-7-8-13-21(20)30)38-18-24(36)33(28)17-23(35)31-15-10-16-37-5/h6-9,11-14,26H,10,15-18H2,1-5H3,(H,31,35)/t26-/m0/s1. The van der Waals surface area contributed by atoms with E-state index in [0.29, 0.717) is 31.0 Å². The number of para-hydroxylation sites is 1. The Bertz CT molecular complexity index is 1320. The summed E-state index contributed by atoms with van der Waals surface area (Å²) in [4.78, 5) is 28.2. The lowest BCUT2D eigenvalue weighted by molar-refractivity contribution is -0.122. The Balaban J connectivity index is 1.93. The van der Waals surface area contributed by atoms with Gasteiger partial charge in [0.15, 0.2) is 0 Å². The highest BCUT2D eigenvalue weighted by Gasteiger charge is 2.40. The highest BCUT2D eigenvalue weighted by molar-refractivity contribution is 8.00. The molecule has 1 N–H and O–H groups in total. The third kappa shape index (κ3) is 5.78. The van der Waals surface area contributed by atoms with E-state index in [9.17, 15) is 9.59 Å². The van der Waals surface area contributed by atoms with Crippen LogP contribution in [-0.2, 0) is 19.7 Å². The van der Waals surface area contributed by atoms with Crippen molar-refractivity contribution >= 4 is 29.4 Å². The first-order chi connectivity index (χ1) is 18.1. The first kappa shape index (κ1) is 27.9.